The monoisotopic (exact) mass is 894 g/mol. The van der Waals surface area contributed by atoms with Crippen molar-refractivity contribution in [3.63, 3.8) is 0 Å². The van der Waals surface area contributed by atoms with Crippen molar-refractivity contribution in [2.24, 2.45) is 0 Å². The van der Waals surface area contributed by atoms with Crippen LogP contribution in [-0.4, -0.2) is 13.4 Å². The molecule has 0 saturated heterocycles. The van der Waals surface area contributed by atoms with Crippen molar-refractivity contribution in [3.05, 3.63) is 241 Å². The van der Waals surface area contributed by atoms with Crippen LogP contribution in [0.15, 0.2) is 218 Å². The van der Waals surface area contributed by atoms with Crippen molar-refractivity contribution in [3.8, 4) is 11.1 Å². The molecule has 10 aromatic rings. The number of hydrogen-bond acceptors (Lipinski definition) is 4. The summed E-state index contributed by atoms with van der Waals surface area (Å²) in [5, 5.41) is 0. The lowest BCUT2D eigenvalue weighted by molar-refractivity contribution is 1.24. The van der Waals surface area contributed by atoms with E-state index in [1.165, 1.54) is 101 Å². The third-order valence-corrected chi connectivity index (χ3v) is 15.2. The average Bonchev–Trinajstić information content (AvgIpc) is 3.39. The number of hydrogen-bond donors (Lipinski definition) is 0. The Bertz CT molecular complexity index is 3490. The van der Waals surface area contributed by atoms with E-state index in [0.717, 1.165) is 33.9 Å². The normalized spacial score (nSPS) is 13.5. The van der Waals surface area contributed by atoms with Gasteiger partial charge in [-0.15, -0.1) is 0 Å². The maximum atomic E-state index is 2.53. The molecule has 0 amide bonds. The molecule has 4 aliphatic heterocycles. The Morgan fingerprint density at radius 1 is 0.243 bits per heavy atom. The van der Waals surface area contributed by atoms with E-state index in [0.29, 0.717) is 0 Å². The first kappa shape index (κ1) is 40.6. The van der Waals surface area contributed by atoms with Crippen LogP contribution < -0.4 is 52.4 Å². The Morgan fingerprint density at radius 3 is 0.914 bits per heavy atom. The van der Waals surface area contributed by atoms with Crippen LogP contribution in [0.2, 0.25) is 0 Å². The first-order valence-corrected chi connectivity index (χ1v) is 24.6. The molecule has 0 aliphatic carbocycles. The highest BCUT2D eigenvalue weighted by Crippen LogP contribution is 2.50. The Balaban J connectivity index is 1.11. The summed E-state index contributed by atoms with van der Waals surface area (Å²) in [6.45, 7) is 8.86. The average molecular weight is 895 g/mol. The third-order valence-electron chi connectivity index (χ3n) is 15.2. The first-order valence-electron chi connectivity index (χ1n) is 24.6. The third kappa shape index (κ3) is 6.05. The van der Waals surface area contributed by atoms with Gasteiger partial charge in [-0.1, -0.05) is 144 Å². The highest BCUT2D eigenvalue weighted by molar-refractivity contribution is 7.01. The van der Waals surface area contributed by atoms with Gasteiger partial charge < -0.3 is 19.6 Å². The van der Waals surface area contributed by atoms with Gasteiger partial charge in [-0.25, -0.2) is 0 Å². The summed E-state index contributed by atoms with van der Waals surface area (Å²) >= 11 is 0. The largest absolute Gasteiger partial charge is 0.311 e. The molecule has 4 nitrogen and oxygen atoms in total. The molecule has 6 heteroatoms. The first-order chi connectivity index (χ1) is 34.4. The van der Waals surface area contributed by atoms with Crippen LogP contribution in [0.4, 0.5) is 68.2 Å². The Labute approximate surface area is 411 Å². The molecule has 0 saturated carbocycles. The van der Waals surface area contributed by atoms with Crippen LogP contribution >= 0.6 is 0 Å². The van der Waals surface area contributed by atoms with E-state index in [1.807, 2.05) is 0 Å². The summed E-state index contributed by atoms with van der Waals surface area (Å²) in [6, 6.07) is 82.3. The molecule has 0 radical (unpaired) electrons. The van der Waals surface area contributed by atoms with Crippen molar-refractivity contribution in [1.29, 1.82) is 0 Å². The van der Waals surface area contributed by atoms with Crippen LogP contribution in [0.3, 0.4) is 0 Å². The van der Waals surface area contributed by atoms with Crippen LogP contribution in [0, 0.1) is 27.7 Å². The van der Waals surface area contributed by atoms with E-state index >= 15 is 0 Å². The van der Waals surface area contributed by atoms with Crippen LogP contribution in [0.5, 0.6) is 0 Å². The molecule has 4 aliphatic rings. The minimum Gasteiger partial charge on any atom is -0.311 e. The Kier molecular flexibility index (Phi) is 9.00. The lowest BCUT2D eigenvalue weighted by Gasteiger charge is -2.45. The van der Waals surface area contributed by atoms with Gasteiger partial charge in [0.25, 0.3) is 13.4 Å². The molecule has 0 fully saturated rings. The molecule has 0 N–H and O–H groups in total. The molecule has 0 aromatic heterocycles. The van der Waals surface area contributed by atoms with Gasteiger partial charge in [-0.2, -0.15) is 0 Å². The number of anilines is 12. The second-order valence-electron chi connectivity index (χ2n) is 19.6. The highest BCUT2D eigenvalue weighted by Gasteiger charge is 2.46. The molecular formula is C64H48B2N4. The fraction of sp³-hybridized carbons (Fsp3) is 0.0625. The minimum absolute atomic E-state index is 0.0271. The minimum atomic E-state index is 0.0271. The molecule has 0 atom stereocenters. The van der Waals surface area contributed by atoms with Crippen LogP contribution in [0.1, 0.15) is 22.3 Å². The summed E-state index contributed by atoms with van der Waals surface area (Å²) < 4.78 is 0. The van der Waals surface area contributed by atoms with Gasteiger partial charge in [0.15, 0.2) is 0 Å². The number of benzene rings is 10. The second kappa shape index (κ2) is 15.5. The van der Waals surface area contributed by atoms with E-state index in [2.05, 4.69) is 266 Å². The molecule has 14 rings (SSSR count). The number of fused-ring (bicyclic) bond motifs is 8. The van der Waals surface area contributed by atoms with Crippen molar-refractivity contribution in [2.45, 2.75) is 27.7 Å². The molecule has 0 bridgehead atoms. The molecule has 10 aromatic carbocycles. The van der Waals surface area contributed by atoms with Crippen LogP contribution in [-0.2, 0) is 0 Å². The van der Waals surface area contributed by atoms with E-state index < -0.39 is 0 Å². The van der Waals surface area contributed by atoms with Crippen LogP contribution in [0.25, 0.3) is 11.1 Å². The highest BCUT2D eigenvalue weighted by atomic mass is 15.2. The number of aryl methyl sites for hydroxylation is 4. The molecule has 330 valence electrons. The summed E-state index contributed by atoms with van der Waals surface area (Å²) in [4.78, 5) is 10.1. The smallest absolute Gasteiger partial charge is 0.252 e. The van der Waals surface area contributed by atoms with Crippen molar-refractivity contribution < 1.29 is 0 Å². The summed E-state index contributed by atoms with van der Waals surface area (Å²) in [5.41, 5.74) is 29.4. The van der Waals surface area contributed by atoms with E-state index in [1.54, 1.807) is 0 Å². The standard InChI is InChI=1S/C64H48B2N4/c1-41-23-29-49(30-24-41)69-57-33-27-43(3)35-53(57)65-51-19-11-13-21-55(51)67(47-15-7-5-8-16-47)59-37-45(39-61(69)63(59)65)46-38-60-64-62(40-46)70(50-31-25-42(2)26-32-50)58-34-28-44(4)36-54(58)66(64)52-20-12-14-22-56(52)68(60)48-17-9-6-10-18-48/h5-40H,1-4H3. The molecular weight excluding hydrogens is 846 g/mol. The zero-order chi connectivity index (χ0) is 46.8. The fourth-order valence-electron chi connectivity index (χ4n) is 12.1. The summed E-state index contributed by atoms with van der Waals surface area (Å²) in [7, 11) is 0. The Morgan fingerprint density at radius 2 is 0.543 bits per heavy atom. The fourth-order valence-corrected chi connectivity index (χ4v) is 12.1. The molecule has 4 heterocycles. The zero-order valence-corrected chi connectivity index (χ0v) is 39.7. The molecule has 0 spiro atoms. The van der Waals surface area contributed by atoms with Crippen molar-refractivity contribution in [1.82, 2.24) is 0 Å². The predicted octanol–water partition coefficient (Wildman–Crippen LogP) is 12.8. The van der Waals surface area contributed by atoms with Gasteiger partial charge in [0.1, 0.15) is 0 Å². The van der Waals surface area contributed by atoms with Gasteiger partial charge in [0.2, 0.25) is 0 Å². The maximum Gasteiger partial charge on any atom is 0.252 e. The van der Waals surface area contributed by atoms with Gasteiger partial charge >= 0.3 is 0 Å². The van der Waals surface area contributed by atoms with Gasteiger partial charge in [-0.05, 0) is 169 Å². The van der Waals surface area contributed by atoms with Gasteiger partial charge in [0.05, 0.1) is 0 Å². The quantitative estimate of drug-likeness (QED) is 0.160. The summed E-state index contributed by atoms with van der Waals surface area (Å²) in [5.74, 6) is 0. The van der Waals surface area contributed by atoms with E-state index in [4.69, 9.17) is 0 Å². The SMILES string of the molecule is Cc1ccc(N2c3ccc(C)cc3B3c4ccccc4N(c4ccccc4)c4cc(-c5cc6c7c(c5)N(c5ccc(C)cc5)c5ccc(C)cc5B7c5ccccc5N6c5ccccc5)cc2c43)cc1. The topological polar surface area (TPSA) is 13.0 Å². The molecule has 70 heavy (non-hydrogen) atoms. The molecule has 0 unspecified atom stereocenters. The Hall–Kier alpha value is -8.47. The number of rotatable bonds is 5. The van der Waals surface area contributed by atoms with Crippen molar-refractivity contribution >= 4 is 114 Å². The van der Waals surface area contributed by atoms with E-state index in [-0.39, 0.29) is 13.4 Å². The van der Waals surface area contributed by atoms with Gasteiger partial charge in [-0.3, -0.25) is 0 Å². The number of para-hydroxylation sites is 4. The lowest BCUT2D eigenvalue weighted by atomic mass is 9.33. The lowest BCUT2D eigenvalue weighted by Crippen LogP contribution is -2.61. The van der Waals surface area contributed by atoms with Gasteiger partial charge in [0, 0.05) is 68.2 Å². The summed E-state index contributed by atoms with van der Waals surface area (Å²) in [6.07, 6.45) is 0. The predicted molar refractivity (Wildman–Crippen MR) is 299 cm³/mol. The van der Waals surface area contributed by atoms with E-state index in [9.17, 15) is 0 Å². The maximum absolute atomic E-state index is 2.53. The zero-order valence-electron chi connectivity index (χ0n) is 39.7. The van der Waals surface area contributed by atoms with Crippen molar-refractivity contribution in [2.75, 3.05) is 19.6 Å². The number of nitrogens with zero attached hydrogens (tertiary/aromatic N) is 4. The second-order valence-corrected chi connectivity index (χ2v) is 19.6.